The first-order chi connectivity index (χ1) is 17.4. The summed E-state index contributed by atoms with van der Waals surface area (Å²) < 4.78 is 5.82. The number of amides is 2. The third-order valence-corrected chi connectivity index (χ3v) is 6.34. The largest absolute Gasteiger partial charge is 0.480 e. The van der Waals surface area contributed by atoms with Gasteiger partial charge in [0.25, 0.3) is 5.91 Å². The molecule has 3 aromatic rings. The van der Waals surface area contributed by atoms with Gasteiger partial charge in [0.15, 0.2) is 6.10 Å². The van der Waals surface area contributed by atoms with E-state index in [1.807, 2.05) is 66.7 Å². The zero-order chi connectivity index (χ0) is 25.5. The van der Waals surface area contributed by atoms with Gasteiger partial charge in [0.2, 0.25) is 5.91 Å². The Morgan fingerprint density at radius 2 is 1.64 bits per heavy atom. The minimum atomic E-state index is -1.12. The Balaban J connectivity index is 1.64. The molecule has 1 aliphatic rings. The maximum Gasteiger partial charge on any atom is 0.323 e. The van der Waals surface area contributed by atoms with Crippen molar-refractivity contribution in [2.75, 3.05) is 19.7 Å². The first kappa shape index (κ1) is 25.4. The van der Waals surface area contributed by atoms with Crippen LogP contribution < -0.4 is 0 Å². The maximum absolute atomic E-state index is 13.8. The minimum Gasteiger partial charge on any atom is -0.480 e. The molecule has 0 aromatic heterocycles. The van der Waals surface area contributed by atoms with Gasteiger partial charge >= 0.3 is 5.97 Å². The molecule has 0 radical (unpaired) electrons. The summed E-state index contributed by atoms with van der Waals surface area (Å²) in [5, 5.41) is 10.1. The van der Waals surface area contributed by atoms with Crippen LogP contribution in [0.1, 0.15) is 22.7 Å². The van der Waals surface area contributed by atoms with E-state index >= 15 is 0 Å². The molecule has 36 heavy (non-hydrogen) atoms. The summed E-state index contributed by atoms with van der Waals surface area (Å²) in [6.45, 7) is -0.303. The SMILES string of the molecule is O=C(O)CN(CCc1ccccc1)C(=O)[C@H]1OCC(=O)N(Cc2cccc(Cl)c2)[C@@H]1c1ccccc1. The Morgan fingerprint density at radius 3 is 2.31 bits per heavy atom. The number of carboxylic acids is 1. The highest BCUT2D eigenvalue weighted by atomic mass is 35.5. The van der Waals surface area contributed by atoms with E-state index in [9.17, 15) is 19.5 Å². The van der Waals surface area contributed by atoms with Crippen molar-refractivity contribution in [2.24, 2.45) is 0 Å². The lowest BCUT2D eigenvalue weighted by Crippen LogP contribution is -2.55. The van der Waals surface area contributed by atoms with Gasteiger partial charge in [-0.25, -0.2) is 0 Å². The van der Waals surface area contributed by atoms with Crippen molar-refractivity contribution >= 4 is 29.4 Å². The molecular weight excluding hydrogens is 480 g/mol. The topological polar surface area (TPSA) is 87.1 Å². The number of ether oxygens (including phenoxy) is 1. The van der Waals surface area contributed by atoms with Gasteiger partial charge in [-0.15, -0.1) is 0 Å². The molecule has 1 fully saturated rings. The van der Waals surface area contributed by atoms with Crippen LogP contribution in [0.25, 0.3) is 0 Å². The zero-order valence-electron chi connectivity index (χ0n) is 19.6. The second kappa shape index (κ2) is 11.8. The summed E-state index contributed by atoms with van der Waals surface area (Å²) in [6, 6.07) is 25.2. The first-order valence-electron chi connectivity index (χ1n) is 11.7. The number of carbonyl (C=O) groups is 3. The highest BCUT2D eigenvalue weighted by molar-refractivity contribution is 6.30. The summed E-state index contributed by atoms with van der Waals surface area (Å²) in [5.74, 6) is -1.84. The summed E-state index contributed by atoms with van der Waals surface area (Å²) in [5.41, 5.74) is 2.53. The number of hydrogen-bond donors (Lipinski definition) is 1. The molecule has 7 nitrogen and oxygen atoms in total. The fourth-order valence-corrected chi connectivity index (χ4v) is 4.62. The van der Waals surface area contributed by atoms with Gasteiger partial charge in [0.05, 0.1) is 6.04 Å². The highest BCUT2D eigenvalue weighted by Crippen LogP contribution is 2.33. The number of benzene rings is 3. The molecule has 8 heteroatoms. The molecule has 0 saturated carbocycles. The van der Waals surface area contributed by atoms with Gasteiger partial charge in [-0.05, 0) is 35.2 Å². The number of hydrogen-bond acceptors (Lipinski definition) is 4. The molecule has 4 rings (SSSR count). The Bertz CT molecular complexity index is 1200. The zero-order valence-corrected chi connectivity index (χ0v) is 20.4. The van der Waals surface area contributed by atoms with Crippen molar-refractivity contribution in [3.05, 3.63) is 107 Å². The fraction of sp³-hybridized carbons (Fsp3) is 0.250. The van der Waals surface area contributed by atoms with Gasteiger partial charge in [-0.1, -0.05) is 84.4 Å². The number of carbonyl (C=O) groups excluding carboxylic acids is 2. The molecule has 0 spiro atoms. The van der Waals surface area contributed by atoms with E-state index in [-0.39, 0.29) is 25.6 Å². The minimum absolute atomic E-state index is 0.207. The van der Waals surface area contributed by atoms with E-state index in [1.165, 1.54) is 4.90 Å². The second-order valence-corrected chi connectivity index (χ2v) is 9.06. The second-order valence-electron chi connectivity index (χ2n) is 8.63. The Hall–Kier alpha value is -3.68. The standard InChI is InChI=1S/C28H27ClN2O5/c29-23-13-7-10-21(16-23)17-31-24(32)19-36-27(26(31)22-11-5-2-6-12-22)28(35)30(18-25(33)34)15-14-20-8-3-1-4-9-20/h1-13,16,26-27H,14-15,17-19H2,(H,33,34)/t26-,27+/m1/s1. The normalized spacial score (nSPS) is 17.6. The number of morpholine rings is 1. The van der Waals surface area contributed by atoms with Gasteiger partial charge in [-0.3, -0.25) is 14.4 Å². The molecule has 3 aromatic carbocycles. The van der Waals surface area contributed by atoms with Crippen molar-refractivity contribution < 1.29 is 24.2 Å². The predicted molar refractivity (Wildman–Crippen MR) is 135 cm³/mol. The van der Waals surface area contributed by atoms with Crippen LogP contribution >= 0.6 is 11.6 Å². The first-order valence-corrected chi connectivity index (χ1v) is 12.0. The van der Waals surface area contributed by atoms with E-state index in [2.05, 4.69) is 0 Å². The van der Waals surface area contributed by atoms with E-state index in [0.29, 0.717) is 11.4 Å². The van der Waals surface area contributed by atoms with E-state index in [4.69, 9.17) is 16.3 Å². The molecule has 1 saturated heterocycles. The third kappa shape index (κ3) is 6.30. The predicted octanol–water partition coefficient (Wildman–Crippen LogP) is 3.96. The van der Waals surface area contributed by atoms with Crippen molar-refractivity contribution in [3.8, 4) is 0 Å². The van der Waals surface area contributed by atoms with Crippen LogP contribution in [0.5, 0.6) is 0 Å². The third-order valence-electron chi connectivity index (χ3n) is 6.11. The van der Waals surface area contributed by atoms with Crippen LogP contribution in [0.15, 0.2) is 84.9 Å². The average Bonchev–Trinajstić information content (AvgIpc) is 2.88. The molecule has 2 amide bonds. The lowest BCUT2D eigenvalue weighted by molar-refractivity contribution is -0.171. The molecule has 2 atom stereocenters. The Labute approximate surface area is 214 Å². The number of carboxylic acid groups (broad SMARTS) is 1. The van der Waals surface area contributed by atoms with Crippen molar-refractivity contribution in [3.63, 3.8) is 0 Å². The molecule has 0 bridgehead atoms. The van der Waals surface area contributed by atoms with Crippen LogP contribution in [0.2, 0.25) is 5.02 Å². The van der Waals surface area contributed by atoms with Crippen LogP contribution in [0, 0.1) is 0 Å². The van der Waals surface area contributed by atoms with Gasteiger partial charge < -0.3 is 19.6 Å². The highest BCUT2D eigenvalue weighted by Gasteiger charge is 2.43. The monoisotopic (exact) mass is 506 g/mol. The number of aliphatic carboxylic acids is 1. The number of rotatable bonds is 9. The summed E-state index contributed by atoms with van der Waals surface area (Å²) in [6.07, 6.45) is -0.562. The molecule has 1 aliphatic heterocycles. The quantitative estimate of drug-likeness (QED) is 0.474. The van der Waals surface area contributed by atoms with E-state index in [1.54, 1.807) is 23.1 Å². The number of nitrogens with zero attached hydrogens (tertiary/aromatic N) is 2. The van der Waals surface area contributed by atoms with Crippen molar-refractivity contribution in [1.29, 1.82) is 0 Å². The van der Waals surface area contributed by atoms with E-state index < -0.39 is 30.6 Å². The Morgan fingerprint density at radius 1 is 0.972 bits per heavy atom. The number of halogens is 1. The van der Waals surface area contributed by atoms with Crippen LogP contribution in [0.4, 0.5) is 0 Å². The molecule has 0 unspecified atom stereocenters. The smallest absolute Gasteiger partial charge is 0.323 e. The fourth-order valence-electron chi connectivity index (χ4n) is 4.40. The summed E-state index contributed by atoms with van der Waals surface area (Å²) in [4.78, 5) is 41.4. The van der Waals surface area contributed by atoms with Gasteiger partial charge in [-0.2, -0.15) is 0 Å². The molecule has 186 valence electrons. The molecule has 1 heterocycles. The lowest BCUT2D eigenvalue weighted by Gasteiger charge is -2.42. The molecule has 1 N–H and O–H groups in total. The molecule has 0 aliphatic carbocycles. The lowest BCUT2D eigenvalue weighted by atomic mass is 9.95. The van der Waals surface area contributed by atoms with Gasteiger partial charge in [0, 0.05) is 18.1 Å². The summed E-state index contributed by atoms with van der Waals surface area (Å²) in [7, 11) is 0. The van der Waals surface area contributed by atoms with E-state index in [0.717, 1.165) is 16.7 Å². The van der Waals surface area contributed by atoms with Crippen LogP contribution in [-0.4, -0.2) is 58.5 Å². The Kier molecular flexibility index (Phi) is 8.36. The van der Waals surface area contributed by atoms with Crippen molar-refractivity contribution in [1.82, 2.24) is 9.80 Å². The maximum atomic E-state index is 13.8. The average molecular weight is 507 g/mol. The van der Waals surface area contributed by atoms with Crippen molar-refractivity contribution in [2.45, 2.75) is 25.1 Å². The molecular formula is C28H27ClN2O5. The van der Waals surface area contributed by atoms with Crippen LogP contribution in [0.3, 0.4) is 0 Å². The van der Waals surface area contributed by atoms with Crippen LogP contribution in [-0.2, 0) is 32.1 Å². The summed E-state index contributed by atoms with van der Waals surface area (Å²) >= 11 is 6.16. The van der Waals surface area contributed by atoms with Gasteiger partial charge in [0.1, 0.15) is 13.2 Å².